The van der Waals surface area contributed by atoms with Crippen molar-refractivity contribution in [3.63, 3.8) is 0 Å². The van der Waals surface area contributed by atoms with E-state index in [-0.39, 0.29) is 18.2 Å². The molecule has 0 aliphatic carbocycles. The molecule has 0 fully saturated rings. The van der Waals surface area contributed by atoms with Gasteiger partial charge >= 0.3 is 5.97 Å². The Hall–Kier alpha value is -2.96. The molecule has 3 rings (SSSR count). The lowest BCUT2D eigenvalue weighted by molar-refractivity contribution is -0.139. The molecule has 0 radical (unpaired) electrons. The van der Waals surface area contributed by atoms with Gasteiger partial charge in [0.1, 0.15) is 11.4 Å². The molecule has 3 aromatic rings. The van der Waals surface area contributed by atoms with Gasteiger partial charge in [0.15, 0.2) is 0 Å². The average Bonchev–Trinajstić information content (AvgIpc) is 3.12. The molecule has 0 spiro atoms. The van der Waals surface area contributed by atoms with Crippen LogP contribution in [0.15, 0.2) is 47.1 Å². The first-order chi connectivity index (χ1) is 14.7. The van der Waals surface area contributed by atoms with Crippen molar-refractivity contribution >= 4 is 23.0 Å². The molecule has 5 nitrogen and oxygen atoms in total. The summed E-state index contributed by atoms with van der Waals surface area (Å²) >= 11 is 0. The Bertz CT molecular complexity index is 1110. The number of fused-ring (bicyclic) bond motifs is 1. The third-order valence-electron chi connectivity index (χ3n) is 5.31. The second-order valence-corrected chi connectivity index (χ2v) is 8.12. The summed E-state index contributed by atoms with van der Waals surface area (Å²) in [5, 5.41) is 29.8. The predicted molar refractivity (Wildman–Crippen MR) is 118 cm³/mol. The second-order valence-electron chi connectivity index (χ2n) is 8.12. The molecule has 0 unspecified atom stereocenters. The van der Waals surface area contributed by atoms with Crippen LogP contribution < -0.4 is 0 Å². The normalized spacial score (nSPS) is 13.9. The zero-order chi connectivity index (χ0) is 22.7. The summed E-state index contributed by atoms with van der Waals surface area (Å²) in [5.41, 5.74) is 4.74. The van der Waals surface area contributed by atoms with E-state index in [4.69, 9.17) is 9.52 Å². The van der Waals surface area contributed by atoms with Gasteiger partial charge in [0.05, 0.1) is 24.9 Å². The number of hydrogen-bond donors (Lipinski definition) is 3. The van der Waals surface area contributed by atoms with E-state index in [0.717, 1.165) is 27.6 Å². The number of carboxylic acid groups (broad SMARTS) is 1. The molecule has 31 heavy (non-hydrogen) atoms. The minimum Gasteiger partial charge on any atom is -0.481 e. The Kier molecular flexibility index (Phi) is 6.93. The number of rotatable bonds is 8. The first-order valence-corrected chi connectivity index (χ1v) is 10.2. The van der Waals surface area contributed by atoms with Gasteiger partial charge in [-0.3, -0.25) is 4.79 Å². The zero-order valence-corrected chi connectivity index (χ0v) is 17.8. The number of benzene rings is 2. The number of aliphatic carboxylic acids is 1. The van der Waals surface area contributed by atoms with Crippen LogP contribution in [0.3, 0.4) is 0 Å². The van der Waals surface area contributed by atoms with Gasteiger partial charge in [0, 0.05) is 17.4 Å². The summed E-state index contributed by atoms with van der Waals surface area (Å²) in [4.78, 5) is 10.7. The summed E-state index contributed by atoms with van der Waals surface area (Å²) in [6, 6.07) is 8.69. The molecule has 2 atom stereocenters. The number of aryl methyl sites for hydroxylation is 1. The van der Waals surface area contributed by atoms with E-state index in [2.05, 4.69) is 13.8 Å². The molecule has 2 aromatic carbocycles. The van der Waals surface area contributed by atoms with E-state index >= 15 is 0 Å². The maximum atomic E-state index is 13.8. The van der Waals surface area contributed by atoms with Gasteiger partial charge in [-0.2, -0.15) is 0 Å². The number of furan rings is 1. The third-order valence-corrected chi connectivity index (χ3v) is 5.31. The molecule has 164 valence electrons. The van der Waals surface area contributed by atoms with Gasteiger partial charge < -0.3 is 19.7 Å². The maximum absolute atomic E-state index is 13.8. The smallest absolute Gasteiger partial charge is 0.305 e. The first-order valence-electron chi connectivity index (χ1n) is 10.2. The van der Waals surface area contributed by atoms with Crippen molar-refractivity contribution in [1.29, 1.82) is 0 Å². The monoisotopic (exact) mass is 426 g/mol. The van der Waals surface area contributed by atoms with Gasteiger partial charge in [0.25, 0.3) is 0 Å². The Morgan fingerprint density at radius 1 is 1.19 bits per heavy atom. The van der Waals surface area contributed by atoms with E-state index in [1.54, 1.807) is 31.4 Å². The molecule has 0 saturated heterocycles. The Labute approximate surface area is 180 Å². The Morgan fingerprint density at radius 3 is 2.58 bits per heavy atom. The summed E-state index contributed by atoms with van der Waals surface area (Å²) in [6.07, 6.45) is 2.33. The van der Waals surface area contributed by atoms with E-state index in [9.17, 15) is 19.4 Å². The van der Waals surface area contributed by atoms with Gasteiger partial charge in [-0.1, -0.05) is 38.1 Å². The highest BCUT2D eigenvalue weighted by molar-refractivity contribution is 5.97. The van der Waals surface area contributed by atoms with Crippen LogP contribution >= 0.6 is 0 Å². The molecule has 0 aliphatic heterocycles. The molecule has 3 N–H and O–H groups in total. The summed E-state index contributed by atoms with van der Waals surface area (Å²) in [5.74, 6) is -1.21. The Balaban J connectivity index is 2.08. The minimum atomic E-state index is -1.15. The second kappa shape index (κ2) is 9.45. The van der Waals surface area contributed by atoms with Gasteiger partial charge in [-0.25, -0.2) is 4.39 Å². The lowest BCUT2D eigenvalue weighted by Crippen LogP contribution is -2.19. The lowest BCUT2D eigenvalue weighted by atomic mass is 9.91. The molecule has 0 saturated carbocycles. The van der Waals surface area contributed by atoms with Crippen LogP contribution in [0, 0.1) is 12.7 Å². The summed E-state index contributed by atoms with van der Waals surface area (Å²) in [6.45, 7) is 5.82. The van der Waals surface area contributed by atoms with Crippen molar-refractivity contribution < 1.29 is 28.9 Å². The number of aliphatic hydroxyl groups excluding tert-OH is 2. The van der Waals surface area contributed by atoms with Crippen LogP contribution in [-0.2, 0) is 4.79 Å². The summed E-state index contributed by atoms with van der Waals surface area (Å²) in [7, 11) is 0. The molecule has 0 amide bonds. The molecule has 6 heteroatoms. The molecule has 0 bridgehead atoms. The van der Waals surface area contributed by atoms with Crippen LogP contribution in [0.25, 0.3) is 28.2 Å². The standard InChI is InChI=1S/C25H27FO5/c1-14(2)21-13-31-23-9-7-19(16-4-8-22(26)15(3)10-16)20(25(21)23)6-5-17(27)11-18(28)12-24(29)30/h4-10,13-14,17-18,27-28H,11-12H2,1-3H3,(H,29,30)/b6-5+/t17-,18-/m1/s1. The molecule has 1 heterocycles. The van der Waals surface area contributed by atoms with E-state index in [1.807, 2.05) is 12.1 Å². The molecule has 1 aromatic heterocycles. The zero-order valence-electron chi connectivity index (χ0n) is 17.8. The van der Waals surface area contributed by atoms with Crippen LogP contribution in [0.5, 0.6) is 0 Å². The average molecular weight is 426 g/mol. The number of carboxylic acids is 1. The number of carbonyl (C=O) groups is 1. The van der Waals surface area contributed by atoms with Crippen LogP contribution in [0.2, 0.25) is 0 Å². The predicted octanol–water partition coefficient (Wildman–Crippen LogP) is 5.27. The van der Waals surface area contributed by atoms with Crippen LogP contribution in [0.1, 0.15) is 49.3 Å². The first kappa shape index (κ1) is 22.7. The van der Waals surface area contributed by atoms with Crippen molar-refractivity contribution in [2.24, 2.45) is 0 Å². The van der Waals surface area contributed by atoms with E-state index < -0.39 is 24.6 Å². The van der Waals surface area contributed by atoms with E-state index in [0.29, 0.717) is 11.1 Å². The highest BCUT2D eigenvalue weighted by Gasteiger charge is 2.18. The fraction of sp³-hybridized carbons (Fsp3) is 0.320. The number of aliphatic hydroxyl groups is 2. The lowest BCUT2D eigenvalue weighted by Gasteiger charge is -2.13. The fourth-order valence-electron chi connectivity index (χ4n) is 3.69. The fourth-order valence-corrected chi connectivity index (χ4v) is 3.69. The van der Waals surface area contributed by atoms with Crippen LogP contribution in [0.4, 0.5) is 4.39 Å². The van der Waals surface area contributed by atoms with Crippen molar-refractivity contribution in [2.45, 2.75) is 51.7 Å². The van der Waals surface area contributed by atoms with Gasteiger partial charge in [-0.15, -0.1) is 0 Å². The highest BCUT2D eigenvalue weighted by atomic mass is 19.1. The number of hydrogen-bond acceptors (Lipinski definition) is 4. The van der Waals surface area contributed by atoms with Crippen LogP contribution in [-0.4, -0.2) is 33.5 Å². The number of halogens is 1. The largest absolute Gasteiger partial charge is 0.481 e. The third kappa shape index (κ3) is 5.21. The SMILES string of the molecule is Cc1cc(-c2ccc3occ(C(C)C)c3c2/C=C/[C@@H](O)C[C@@H](O)CC(=O)O)ccc1F. The van der Waals surface area contributed by atoms with Gasteiger partial charge in [-0.05, 0) is 53.3 Å². The summed E-state index contributed by atoms with van der Waals surface area (Å²) < 4.78 is 19.6. The highest BCUT2D eigenvalue weighted by Crippen LogP contribution is 2.37. The molecule has 0 aliphatic rings. The van der Waals surface area contributed by atoms with E-state index in [1.165, 1.54) is 12.1 Å². The molecular weight excluding hydrogens is 399 g/mol. The van der Waals surface area contributed by atoms with Gasteiger partial charge in [0.2, 0.25) is 0 Å². The van der Waals surface area contributed by atoms with Crippen molar-refractivity contribution in [1.82, 2.24) is 0 Å². The quantitative estimate of drug-likeness (QED) is 0.456. The topological polar surface area (TPSA) is 90.9 Å². The minimum absolute atomic E-state index is 0.0911. The molecular formula is C25H27FO5. The maximum Gasteiger partial charge on any atom is 0.305 e. The van der Waals surface area contributed by atoms with Crippen molar-refractivity contribution in [3.8, 4) is 11.1 Å². The van der Waals surface area contributed by atoms with Crippen molar-refractivity contribution in [2.75, 3.05) is 0 Å². The Morgan fingerprint density at radius 2 is 1.94 bits per heavy atom. The van der Waals surface area contributed by atoms with Crippen molar-refractivity contribution in [3.05, 3.63) is 65.2 Å².